The first-order valence-electron chi connectivity index (χ1n) is 16.5. The number of methoxy groups -OCH3 is 2. The molecule has 0 saturated carbocycles. The summed E-state index contributed by atoms with van der Waals surface area (Å²) in [5.41, 5.74) is 0.606. The van der Waals surface area contributed by atoms with Crippen molar-refractivity contribution in [2.24, 2.45) is 7.05 Å². The van der Waals surface area contributed by atoms with E-state index in [4.69, 9.17) is 9.47 Å². The molecule has 0 unspecified atom stereocenters. The van der Waals surface area contributed by atoms with Crippen LogP contribution in [0.1, 0.15) is 71.5 Å². The largest absolute Gasteiger partial charge is 0.469 e. The number of aromatic nitrogens is 1. The van der Waals surface area contributed by atoms with Crippen LogP contribution in [0.25, 0.3) is 0 Å². The molecule has 3 amide bonds. The number of nitrogens with zero attached hydrogens (tertiary/aromatic N) is 2. The summed E-state index contributed by atoms with van der Waals surface area (Å²) in [6.45, 7) is 0.862. The maximum atomic E-state index is 14.5. The molecule has 3 atom stereocenters. The van der Waals surface area contributed by atoms with Gasteiger partial charge in [-0.15, -0.1) is 0 Å². The van der Waals surface area contributed by atoms with Crippen LogP contribution in [0, 0.1) is 0 Å². The molecule has 2 N–H and O–H groups in total. The number of benzene rings is 2. The average Bonchev–Trinajstić information content (AvgIpc) is 3.13. The molecule has 0 bridgehead atoms. The van der Waals surface area contributed by atoms with E-state index >= 15 is 0 Å². The third-order valence-corrected chi connectivity index (χ3v) is 9.72. The van der Waals surface area contributed by atoms with Crippen molar-refractivity contribution in [3.8, 4) is 0 Å². The number of aryl methyl sites for hydroxylation is 1. The van der Waals surface area contributed by atoms with Crippen LogP contribution < -0.4 is 16.2 Å². The third-order valence-electron chi connectivity index (χ3n) is 9.72. The van der Waals surface area contributed by atoms with Crippen LogP contribution in [-0.2, 0) is 41.1 Å². The maximum absolute atomic E-state index is 14.5. The minimum absolute atomic E-state index is 0. The molecule has 1 fully saturated rings. The Bertz CT molecular complexity index is 1780. The second-order valence-corrected chi connectivity index (χ2v) is 12.5. The lowest BCUT2D eigenvalue weighted by Crippen LogP contribution is -2.54. The smallest absolute Gasteiger partial charge is 0.328 e. The van der Waals surface area contributed by atoms with Crippen LogP contribution in [0.2, 0.25) is 0 Å². The number of likely N-dealkylation sites (tertiary alicyclic amines) is 1. The number of pyridine rings is 1. The lowest BCUT2D eigenvalue weighted by atomic mass is 9.62. The molecule has 1 aliphatic heterocycles. The van der Waals surface area contributed by atoms with Crippen molar-refractivity contribution in [3.63, 3.8) is 0 Å². The first-order chi connectivity index (χ1) is 23.6. The molecule has 3 aromatic rings. The molecule has 5 rings (SSSR count). The number of carbonyl (C=O) groups is 5. The Morgan fingerprint density at radius 3 is 2.22 bits per heavy atom. The highest BCUT2D eigenvalue weighted by Gasteiger charge is 2.49. The zero-order valence-electron chi connectivity index (χ0n) is 29.0. The predicted octanol–water partition coefficient (Wildman–Crippen LogP) is 2.81. The molecule has 0 radical (unpaired) electrons. The number of carbonyl (C=O) groups excluding carboxylic acids is 5. The predicted molar refractivity (Wildman–Crippen MR) is 200 cm³/mol. The molecule has 2 heterocycles. The van der Waals surface area contributed by atoms with Crippen molar-refractivity contribution in [2.45, 2.75) is 61.9 Å². The SMILES string of the molecule is COC(=O)CC[C@H](NC(=O)[C@@]1(c2ccccc2)CC[C@H](C(=O)N2CCC(NC(=O)c3cccn(C)c3=O)CC2)c2ccccc21)C(=O)OC.S.S. The number of hydrogen-bond acceptors (Lipinski definition) is 8. The van der Waals surface area contributed by atoms with Gasteiger partial charge in [0.05, 0.1) is 25.6 Å². The van der Waals surface area contributed by atoms with Crippen LogP contribution >= 0.6 is 27.0 Å². The summed E-state index contributed by atoms with van der Waals surface area (Å²) in [5.74, 6) is -2.61. The van der Waals surface area contributed by atoms with Crippen LogP contribution in [0.4, 0.5) is 0 Å². The number of esters is 2. The number of piperidine rings is 1. The van der Waals surface area contributed by atoms with Gasteiger partial charge in [-0.05, 0) is 60.9 Å². The molecule has 1 aromatic heterocycles. The van der Waals surface area contributed by atoms with Crippen LogP contribution in [-0.4, -0.2) is 78.5 Å². The summed E-state index contributed by atoms with van der Waals surface area (Å²) < 4.78 is 11.0. The quantitative estimate of drug-likeness (QED) is 0.302. The highest BCUT2D eigenvalue weighted by atomic mass is 32.1. The number of fused-ring (bicyclic) bond motifs is 1. The Morgan fingerprint density at radius 2 is 1.55 bits per heavy atom. The Labute approximate surface area is 311 Å². The minimum atomic E-state index is -1.22. The van der Waals surface area contributed by atoms with Gasteiger partial charge >= 0.3 is 11.9 Å². The second kappa shape index (κ2) is 18.1. The van der Waals surface area contributed by atoms with Crippen molar-refractivity contribution >= 4 is 56.7 Å². The molecule has 1 saturated heterocycles. The van der Waals surface area contributed by atoms with Gasteiger partial charge in [-0.2, -0.15) is 27.0 Å². The van der Waals surface area contributed by atoms with Gasteiger partial charge in [0, 0.05) is 38.8 Å². The van der Waals surface area contributed by atoms with Crippen LogP contribution in [0.3, 0.4) is 0 Å². The van der Waals surface area contributed by atoms with E-state index in [2.05, 4.69) is 10.6 Å². The van der Waals surface area contributed by atoms with Gasteiger partial charge in [0.25, 0.3) is 11.5 Å². The summed E-state index contributed by atoms with van der Waals surface area (Å²) in [4.78, 5) is 80.3. The monoisotopic (exact) mass is 738 g/mol. The molecular formula is C37H46N4O8S2. The third kappa shape index (κ3) is 8.67. The Hall–Kier alpha value is -4.56. The number of hydrogen-bond donors (Lipinski definition) is 2. The molecule has 14 heteroatoms. The van der Waals surface area contributed by atoms with Gasteiger partial charge in [0.2, 0.25) is 11.8 Å². The standard InChI is InChI=1S/C37H42N4O8.2H2S/c1-40-21-9-13-28(33(40)44)32(43)38-25-18-22-41(23-19-25)34(45)27-17-20-37(24-10-5-4-6-11-24,29-14-8-7-12-26(27)29)36(47)39-30(35(46)49-3)15-16-31(42)48-2;;/h4-14,21,25,27,30H,15-20,22-23H2,1-3H3,(H,38,43)(H,39,47);2*1H2/t27-,30-,37+;;/m0../s1. The van der Waals surface area contributed by atoms with Gasteiger partial charge in [0.1, 0.15) is 11.6 Å². The van der Waals surface area contributed by atoms with E-state index in [1.807, 2.05) is 54.6 Å². The summed E-state index contributed by atoms with van der Waals surface area (Å²) in [7, 11) is 4.07. The fourth-order valence-electron chi connectivity index (χ4n) is 7.02. The molecule has 2 aromatic carbocycles. The van der Waals surface area contributed by atoms with E-state index in [0.717, 1.165) is 5.56 Å². The van der Waals surface area contributed by atoms with Gasteiger partial charge in [-0.1, -0.05) is 54.6 Å². The Kier molecular flexibility index (Phi) is 14.5. The average molecular weight is 739 g/mol. The van der Waals surface area contributed by atoms with Crippen LogP contribution in [0.5, 0.6) is 0 Å². The van der Waals surface area contributed by atoms with Crippen LogP contribution in [0.15, 0.2) is 77.7 Å². The summed E-state index contributed by atoms with van der Waals surface area (Å²) in [5, 5.41) is 5.82. The zero-order chi connectivity index (χ0) is 35.1. The normalized spacial score (nSPS) is 18.8. The zero-order valence-corrected chi connectivity index (χ0v) is 31.0. The molecule has 2 aliphatic rings. The maximum Gasteiger partial charge on any atom is 0.328 e. The van der Waals surface area contributed by atoms with Crippen molar-refractivity contribution in [3.05, 3.63) is 106 Å². The van der Waals surface area contributed by atoms with E-state index < -0.39 is 41.1 Å². The van der Waals surface area contributed by atoms with Crippen molar-refractivity contribution < 1.29 is 33.4 Å². The fraction of sp³-hybridized carbons (Fsp3) is 0.405. The minimum Gasteiger partial charge on any atom is -0.469 e. The molecule has 1 aliphatic carbocycles. The van der Waals surface area contributed by atoms with Gasteiger partial charge < -0.3 is 29.6 Å². The Balaban J connectivity index is 0.00000351. The van der Waals surface area contributed by atoms with E-state index in [9.17, 15) is 28.8 Å². The number of ether oxygens (including phenoxy) is 2. The van der Waals surface area contributed by atoms with Crippen molar-refractivity contribution in [1.82, 2.24) is 20.1 Å². The molecular weight excluding hydrogens is 693 g/mol. The molecule has 12 nitrogen and oxygen atoms in total. The molecule has 0 spiro atoms. The fourth-order valence-corrected chi connectivity index (χ4v) is 7.02. The summed E-state index contributed by atoms with van der Waals surface area (Å²) >= 11 is 0. The topological polar surface area (TPSA) is 153 Å². The van der Waals surface area contributed by atoms with E-state index in [1.165, 1.54) is 24.9 Å². The molecule has 51 heavy (non-hydrogen) atoms. The highest BCUT2D eigenvalue weighted by molar-refractivity contribution is 7.59. The van der Waals surface area contributed by atoms with E-state index in [-0.39, 0.29) is 62.9 Å². The van der Waals surface area contributed by atoms with Gasteiger partial charge in [-0.3, -0.25) is 24.0 Å². The lowest BCUT2D eigenvalue weighted by Gasteiger charge is -2.43. The molecule has 274 valence electrons. The van der Waals surface area contributed by atoms with E-state index in [0.29, 0.717) is 49.9 Å². The first-order valence-corrected chi connectivity index (χ1v) is 16.5. The lowest BCUT2D eigenvalue weighted by molar-refractivity contribution is -0.147. The first kappa shape index (κ1) is 40.9. The summed E-state index contributed by atoms with van der Waals surface area (Å²) in [6, 6.07) is 18.6. The Morgan fingerprint density at radius 1 is 0.882 bits per heavy atom. The number of amides is 3. The van der Waals surface area contributed by atoms with Crippen molar-refractivity contribution in [1.29, 1.82) is 0 Å². The van der Waals surface area contributed by atoms with Gasteiger partial charge in [-0.25, -0.2) is 4.79 Å². The van der Waals surface area contributed by atoms with Gasteiger partial charge in [0.15, 0.2) is 0 Å². The van der Waals surface area contributed by atoms with E-state index in [1.54, 1.807) is 24.2 Å². The number of nitrogens with one attached hydrogen (secondary N) is 2. The van der Waals surface area contributed by atoms with Crippen molar-refractivity contribution in [2.75, 3.05) is 27.3 Å². The summed E-state index contributed by atoms with van der Waals surface area (Å²) in [6.07, 6.45) is 3.24. The number of rotatable bonds is 10. The highest BCUT2D eigenvalue weighted by Crippen LogP contribution is 2.48. The second-order valence-electron chi connectivity index (χ2n) is 12.5.